The lowest BCUT2D eigenvalue weighted by Gasteiger charge is -2.15. The molecular formula is C10H9F3O3. The smallest absolute Gasteiger partial charge is 0.343 e. The van der Waals surface area contributed by atoms with Crippen molar-refractivity contribution in [2.45, 2.75) is 19.4 Å². The molecule has 0 aliphatic carbocycles. The summed E-state index contributed by atoms with van der Waals surface area (Å²) in [6.45, 7) is 2.24. The fourth-order valence-electron chi connectivity index (χ4n) is 0.812. The van der Waals surface area contributed by atoms with Gasteiger partial charge in [0.2, 0.25) is 5.82 Å². The summed E-state index contributed by atoms with van der Waals surface area (Å²) < 4.78 is 42.7. The molecule has 0 bridgehead atoms. The maximum atomic E-state index is 13.0. The number of ether oxygens (including phenoxy) is 1. The Morgan fingerprint density at radius 1 is 1.25 bits per heavy atom. The van der Waals surface area contributed by atoms with Crippen LogP contribution in [0.3, 0.4) is 0 Å². The van der Waals surface area contributed by atoms with Crippen LogP contribution >= 0.6 is 0 Å². The predicted molar refractivity (Wildman–Crippen MR) is 48.2 cm³/mol. The van der Waals surface area contributed by atoms with Gasteiger partial charge in [-0.3, -0.25) is 0 Å². The Bertz CT molecular complexity index is 424. The number of aliphatic hydroxyl groups is 1. The van der Waals surface area contributed by atoms with Gasteiger partial charge in [0.15, 0.2) is 23.0 Å². The Balaban J connectivity index is 3.00. The molecule has 1 aromatic carbocycles. The third-order valence-corrected chi connectivity index (χ3v) is 1.70. The highest BCUT2D eigenvalue weighted by Crippen LogP contribution is 2.23. The summed E-state index contributed by atoms with van der Waals surface area (Å²) in [7, 11) is 0. The van der Waals surface area contributed by atoms with E-state index in [1.54, 1.807) is 0 Å². The van der Waals surface area contributed by atoms with E-state index in [4.69, 9.17) is 0 Å². The number of esters is 1. The predicted octanol–water partition coefficient (Wildman–Crippen LogP) is 1.78. The van der Waals surface area contributed by atoms with Crippen molar-refractivity contribution in [1.82, 2.24) is 0 Å². The molecule has 1 aromatic rings. The van der Waals surface area contributed by atoms with Crippen molar-refractivity contribution in [3.63, 3.8) is 0 Å². The summed E-state index contributed by atoms with van der Waals surface area (Å²) in [5.74, 6) is -6.68. The number of halogens is 3. The molecule has 0 fully saturated rings. The zero-order valence-corrected chi connectivity index (χ0v) is 8.55. The molecule has 88 valence electrons. The molecular weight excluding hydrogens is 225 g/mol. The van der Waals surface area contributed by atoms with Crippen molar-refractivity contribution in [1.29, 1.82) is 0 Å². The summed E-state index contributed by atoms with van der Waals surface area (Å²) in [6.07, 6.45) is 0. The monoisotopic (exact) mass is 234 g/mol. The largest absolute Gasteiger partial charge is 0.421 e. The van der Waals surface area contributed by atoms with Gasteiger partial charge in [-0.2, -0.15) is 4.39 Å². The van der Waals surface area contributed by atoms with Gasteiger partial charge in [0.25, 0.3) is 0 Å². The molecule has 0 radical (unpaired) electrons. The minimum atomic E-state index is -1.85. The highest BCUT2D eigenvalue weighted by atomic mass is 19.2. The molecule has 0 aliphatic rings. The number of carbonyl (C=O) groups excluding carboxylic acids is 1. The zero-order chi connectivity index (χ0) is 12.5. The molecule has 0 spiro atoms. The van der Waals surface area contributed by atoms with Gasteiger partial charge in [-0.1, -0.05) is 0 Å². The van der Waals surface area contributed by atoms with E-state index in [1.807, 2.05) is 0 Å². The van der Waals surface area contributed by atoms with Crippen LogP contribution in [0.15, 0.2) is 12.1 Å². The molecule has 0 aliphatic heterocycles. The Hall–Kier alpha value is -1.56. The third kappa shape index (κ3) is 2.52. The molecule has 0 saturated heterocycles. The first-order chi connectivity index (χ1) is 7.23. The van der Waals surface area contributed by atoms with Crippen LogP contribution in [0.4, 0.5) is 13.2 Å². The molecule has 1 N–H and O–H groups in total. The lowest BCUT2D eigenvalue weighted by atomic mass is 10.1. The van der Waals surface area contributed by atoms with Crippen molar-refractivity contribution in [2.24, 2.45) is 0 Å². The topological polar surface area (TPSA) is 46.5 Å². The van der Waals surface area contributed by atoms with Crippen molar-refractivity contribution in [3.05, 3.63) is 29.6 Å². The molecule has 6 heteroatoms. The lowest BCUT2D eigenvalue weighted by molar-refractivity contribution is -0.151. The van der Waals surface area contributed by atoms with E-state index in [0.29, 0.717) is 6.07 Å². The summed E-state index contributed by atoms with van der Waals surface area (Å²) >= 11 is 0. The van der Waals surface area contributed by atoms with Crippen molar-refractivity contribution in [3.8, 4) is 5.75 Å². The molecule has 0 unspecified atom stereocenters. The maximum Gasteiger partial charge on any atom is 0.343 e. The minimum Gasteiger partial charge on any atom is -0.421 e. The number of hydrogen-bond donors (Lipinski definition) is 1. The summed E-state index contributed by atoms with van der Waals surface area (Å²) in [5, 5.41) is 9.20. The van der Waals surface area contributed by atoms with E-state index in [-0.39, 0.29) is 0 Å². The average molecular weight is 234 g/mol. The molecule has 0 heterocycles. The third-order valence-electron chi connectivity index (χ3n) is 1.70. The van der Waals surface area contributed by atoms with Crippen LogP contribution in [0.5, 0.6) is 5.75 Å². The summed E-state index contributed by atoms with van der Waals surface area (Å²) in [4.78, 5) is 11.1. The molecule has 0 saturated carbocycles. The molecule has 0 atom stereocenters. The fourth-order valence-corrected chi connectivity index (χ4v) is 0.812. The zero-order valence-electron chi connectivity index (χ0n) is 8.55. The highest BCUT2D eigenvalue weighted by molar-refractivity contribution is 5.80. The highest BCUT2D eigenvalue weighted by Gasteiger charge is 2.28. The molecule has 3 nitrogen and oxygen atoms in total. The molecule has 16 heavy (non-hydrogen) atoms. The van der Waals surface area contributed by atoms with Gasteiger partial charge in [0, 0.05) is 0 Å². The van der Waals surface area contributed by atoms with Gasteiger partial charge in [-0.15, -0.1) is 0 Å². The molecule has 1 rings (SSSR count). The lowest BCUT2D eigenvalue weighted by Crippen LogP contribution is -2.35. The molecule has 0 amide bonds. The van der Waals surface area contributed by atoms with Gasteiger partial charge >= 0.3 is 5.97 Å². The normalized spacial score (nSPS) is 11.4. The van der Waals surface area contributed by atoms with Crippen LogP contribution in [0.1, 0.15) is 13.8 Å². The van der Waals surface area contributed by atoms with Crippen LogP contribution in [-0.2, 0) is 4.79 Å². The Kier molecular flexibility index (Phi) is 3.23. The van der Waals surface area contributed by atoms with Crippen LogP contribution in [0.2, 0.25) is 0 Å². The number of rotatable bonds is 2. The molecule has 0 aromatic heterocycles. The number of benzene rings is 1. The van der Waals surface area contributed by atoms with Gasteiger partial charge in [-0.05, 0) is 26.0 Å². The van der Waals surface area contributed by atoms with E-state index in [9.17, 15) is 23.1 Å². The quantitative estimate of drug-likeness (QED) is 0.482. The fraction of sp³-hybridized carbons (Fsp3) is 0.300. The van der Waals surface area contributed by atoms with Crippen LogP contribution in [0.25, 0.3) is 0 Å². The van der Waals surface area contributed by atoms with Crippen LogP contribution in [0, 0.1) is 17.5 Å². The van der Waals surface area contributed by atoms with Gasteiger partial charge in [-0.25, -0.2) is 13.6 Å². The summed E-state index contributed by atoms with van der Waals surface area (Å²) in [6, 6.07) is 1.38. The van der Waals surface area contributed by atoms with Gasteiger partial charge in [0.05, 0.1) is 0 Å². The number of hydrogen-bond acceptors (Lipinski definition) is 3. The maximum absolute atomic E-state index is 13.0. The first-order valence-electron chi connectivity index (χ1n) is 4.31. The van der Waals surface area contributed by atoms with Gasteiger partial charge < -0.3 is 9.84 Å². The Labute approximate surface area is 89.5 Å². The van der Waals surface area contributed by atoms with Crippen molar-refractivity contribution in [2.75, 3.05) is 0 Å². The van der Waals surface area contributed by atoms with E-state index >= 15 is 0 Å². The van der Waals surface area contributed by atoms with Crippen LogP contribution in [-0.4, -0.2) is 16.7 Å². The van der Waals surface area contributed by atoms with Crippen molar-refractivity contribution < 1.29 is 27.8 Å². The standard InChI is InChI=1S/C10H9F3O3/c1-10(2,15)9(14)16-6-4-3-5(11)7(12)8(6)13/h3-4,15H,1-2H3. The minimum absolute atomic E-state index is 0.616. The second kappa shape index (κ2) is 4.13. The second-order valence-corrected chi connectivity index (χ2v) is 3.62. The van der Waals surface area contributed by atoms with E-state index in [0.717, 1.165) is 19.9 Å². The first kappa shape index (κ1) is 12.5. The van der Waals surface area contributed by atoms with Crippen molar-refractivity contribution >= 4 is 5.97 Å². The SMILES string of the molecule is CC(C)(O)C(=O)Oc1ccc(F)c(F)c1F. The van der Waals surface area contributed by atoms with E-state index < -0.39 is 34.8 Å². The second-order valence-electron chi connectivity index (χ2n) is 3.62. The Morgan fingerprint density at radius 3 is 2.31 bits per heavy atom. The first-order valence-corrected chi connectivity index (χ1v) is 4.31. The summed E-state index contributed by atoms with van der Waals surface area (Å²) in [5.41, 5.74) is -1.85. The van der Waals surface area contributed by atoms with Crippen LogP contribution < -0.4 is 4.74 Å². The van der Waals surface area contributed by atoms with E-state index in [2.05, 4.69) is 4.74 Å². The van der Waals surface area contributed by atoms with E-state index in [1.165, 1.54) is 0 Å². The number of carbonyl (C=O) groups is 1. The Morgan fingerprint density at radius 2 is 1.81 bits per heavy atom. The average Bonchev–Trinajstić information content (AvgIpc) is 2.17. The van der Waals surface area contributed by atoms with Gasteiger partial charge in [0.1, 0.15) is 0 Å².